The van der Waals surface area contributed by atoms with E-state index in [1.807, 2.05) is 6.92 Å². The van der Waals surface area contributed by atoms with Crippen LogP contribution in [-0.2, 0) is 35.7 Å². The van der Waals surface area contributed by atoms with Crippen LogP contribution >= 0.6 is 0 Å². The molecule has 0 bridgehead atoms. The Hall–Kier alpha value is -2.20. The van der Waals surface area contributed by atoms with Crippen molar-refractivity contribution in [2.45, 2.75) is 45.3 Å². The molecule has 0 amide bonds. The van der Waals surface area contributed by atoms with Crippen LogP contribution in [0.3, 0.4) is 0 Å². The number of nitrogens with zero attached hydrogens (tertiary/aromatic N) is 6. The fourth-order valence-corrected chi connectivity index (χ4v) is 2.49. The minimum Gasteiger partial charge on any atom is -0.371 e. The molecule has 2 fully saturated rings. The molecule has 0 saturated carbocycles. The Morgan fingerprint density at radius 1 is 1.13 bits per heavy atom. The van der Waals surface area contributed by atoms with Crippen molar-refractivity contribution in [3.8, 4) is 0 Å². The maximum Gasteiger partial charge on any atom is 0.347 e. The lowest BCUT2D eigenvalue weighted by Crippen LogP contribution is -2.33. The topological polar surface area (TPSA) is 105 Å². The average Bonchev–Trinajstić information content (AvgIpc) is 3.45. The zero-order valence-corrected chi connectivity index (χ0v) is 12.8. The Morgan fingerprint density at radius 3 is 2.39 bits per heavy atom. The fourth-order valence-electron chi connectivity index (χ4n) is 2.49. The third-order valence-electron chi connectivity index (χ3n) is 3.96. The molecular formula is C13H18N6O4. The maximum absolute atomic E-state index is 12.5. The summed E-state index contributed by atoms with van der Waals surface area (Å²) in [6, 6.07) is 0. The van der Waals surface area contributed by atoms with E-state index < -0.39 is 0 Å². The van der Waals surface area contributed by atoms with Crippen molar-refractivity contribution in [1.82, 2.24) is 28.7 Å². The van der Waals surface area contributed by atoms with Gasteiger partial charge in [-0.05, 0) is 0 Å². The lowest BCUT2D eigenvalue weighted by molar-refractivity contribution is 0.367. The second-order valence-corrected chi connectivity index (χ2v) is 5.78. The number of hydrogen-bond donors (Lipinski definition) is 0. The predicted octanol–water partition coefficient (Wildman–Crippen LogP) is -1.73. The van der Waals surface area contributed by atoms with Crippen LogP contribution in [0.5, 0.6) is 0 Å². The first kappa shape index (κ1) is 14.4. The van der Waals surface area contributed by atoms with Gasteiger partial charge in [0.25, 0.3) is 0 Å². The molecule has 2 aliphatic heterocycles. The zero-order chi connectivity index (χ0) is 16.0. The van der Waals surface area contributed by atoms with Crippen LogP contribution in [0.2, 0.25) is 0 Å². The van der Waals surface area contributed by atoms with Crippen LogP contribution in [-0.4, -0.2) is 54.1 Å². The Balaban J connectivity index is 1.60. The van der Waals surface area contributed by atoms with Crippen molar-refractivity contribution >= 4 is 0 Å². The summed E-state index contributed by atoms with van der Waals surface area (Å²) < 4.78 is 15.9. The molecule has 2 aromatic heterocycles. The van der Waals surface area contributed by atoms with Gasteiger partial charge in [-0.3, -0.25) is 9.13 Å². The fraction of sp³-hybridized carbons (Fsp3) is 0.692. The largest absolute Gasteiger partial charge is 0.371 e. The molecule has 0 aromatic carbocycles. The van der Waals surface area contributed by atoms with E-state index in [9.17, 15) is 9.59 Å². The van der Waals surface area contributed by atoms with Crippen LogP contribution in [0.25, 0.3) is 0 Å². The van der Waals surface area contributed by atoms with Gasteiger partial charge in [-0.2, -0.15) is 10.2 Å². The second kappa shape index (κ2) is 5.46. The summed E-state index contributed by atoms with van der Waals surface area (Å²) in [5.41, 5.74) is -0.491. The molecule has 4 rings (SSSR count). The highest BCUT2D eigenvalue weighted by Gasteiger charge is 2.26. The molecule has 0 spiro atoms. The Labute approximate surface area is 130 Å². The standard InChI is InChI=1S/C13H18N6O4/c1-2-11-15-19(4-10-6-23-10)13(21)17(11)8-16-7-14-18(12(16)20)3-9-5-22-9/h7,9-10H,2-6,8H2,1H3/t9-,10+/m1/s1. The molecule has 23 heavy (non-hydrogen) atoms. The quantitative estimate of drug-likeness (QED) is 0.561. The Morgan fingerprint density at radius 2 is 1.78 bits per heavy atom. The smallest absolute Gasteiger partial charge is 0.347 e. The summed E-state index contributed by atoms with van der Waals surface area (Å²) in [4.78, 5) is 24.8. The minimum absolute atomic E-state index is 0.0739. The minimum atomic E-state index is -0.257. The highest BCUT2D eigenvalue weighted by molar-refractivity contribution is 4.89. The first-order valence-corrected chi connectivity index (χ1v) is 7.67. The number of hydrogen-bond acceptors (Lipinski definition) is 6. The van der Waals surface area contributed by atoms with Crippen molar-refractivity contribution in [3.05, 3.63) is 33.1 Å². The van der Waals surface area contributed by atoms with E-state index in [-0.39, 0.29) is 30.3 Å². The van der Waals surface area contributed by atoms with Crippen molar-refractivity contribution in [2.24, 2.45) is 0 Å². The lowest BCUT2D eigenvalue weighted by atomic mass is 10.4. The van der Waals surface area contributed by atoms with Crippen molar-refractivity contribution in [3.63, 3.8) is 0 Å². The molecule has 2 saturated heterocycles. The number of ether oxygens (including phenoxy) is 2. The Bertz CT molecular complexity index is 822. The monoisotopic (exact) mass is 322 g/mol. The third-order valence-corrected chi connectivity index (χ3v) is 3.96. The molecule has 0 radical (unpaired) electrons. The van der Waals surface area contributed by atoms with E-state index in [0.717, 1.165) is 0 Å². The highest BCUT2D eigenvalue weighted by Crippen LogP contribution is 2.10. The predicted molar refractivity (Wildman–Crippen MR) is 77.2 cm³/mol. The van der Waals surface area contributed by atoms with Crippen molar-refractivity contribution in [1.29, 1.82) is 0 Å². The van der Waals surface area contributed by atoms with Crippen LogP contribution in [0.4, 0.5) is 0 Å². The van der Waals surface area contributed by atoms with E-state index in [1.54, 1.807) is 0 Å². The number of rotatable bonds is 7. The molecule has 2 aliphatic rings. The van der Waals surface area contributed by atoms with Gasteiger partial charge < -0.3 is 9.47 Å². The van der Waals surface area contributed by atoms with Gasteiger partial charge in [-0.25, -0.2) is 19.0 Å². The normalized spacial score (nSPS) is 22.5. The van der Waals surface area contributed by atoms with Gasteiger partial charge in [-0.1, -0.05) is 6.92 Å². The van der Waals surface area contributed by atoms with Gasteiger partial charge in [0.2, 0.25) is 0 Å². The van der Waals surface area contributed by atoms with Crippen LogP contribution in [0.15, 0.2) is 15.9 Å². The van der Waals surface area contributed by atoms with Crippen molar-refractivity contribution < 1.29 is 9.47 Å². The number of aryl methyl sites for hydroxylation is 1. The molecule has 10 heteroatoms. The number of epoxide rings is 2. The molecule has 10 nitrogen and oxygen atoms in total. The molecule has 0 aliphatic carbocycles. The van der Waals surface area contributed by atoms with Gasteiger partial charge >= 0.3 is 11.4 Å². The maximum atomic E-state index is 12.5. The summed E-state index contributed by atoms with van der Waals surface area (Å²) in [6.07, 6.45) is 2.20. The summed E-state index contributed by atoms with van der Waals surface area (Å²) in [6.45, 7) is 4.25. The molecule has 0 unspecified atom stereocenters. The molecule has 4 heterocycles. The van der Waals surface area contributed by atoms with E-state index >= 15 is 0 Å². The van der Waals surface area contributed by atoms with Gasteiger partial charge in [0.15, 0.2) is 0 Å². The van der Waals surface area contributed by atoms with Crippen molar-refractivity contribution in [2.75, 3.05) is 13.2 Å². The summed E-state index contributed by atoms with van der Waals surface area (Å²) in [7, 11) is 0. The highest BCUT2D eigenvalue weighted by atomic mass is 16.6. The molecular weight excluding hydrogens is 304 g/mol. The van der Waals surface area contributed by atoms with E-state index in [1.165, 1.54) is 24.8 Å². The van der Waals surface area contributed by atoms with Gasteiger partial charge in [0, 0.05) is 6.42 Å². The molecule has 2 atom stereocenters. The second-order valence-electron chi connectivity index (χ2n) is 5.78. The van der Waals surface area contributed by atoms with E-state index in [2.05, 4.69) is 10.2 Å². The summed E-state index contributed by atoms with van der Waals surface area (Å²) in [5.74, 6) is 0.640. The SMILES string of the molecule is CCc1nn(C[C@H]2CO2)c(=O)n1Cn1cnn(C[C@@H]2CO2)c1=O. The number of aromatic nitrogens is 6. The first-order chi connectivity index (χ1) is 11.2. The van der Waals surface area contributed by atoms with Crippen LogP contribution in [0, 0.1) is 0 Å². The first-order valence-electron chi connectivity index (χ1n) is 7.67. The summed E-state index contributed by atoms with van der Waals surface area (Å²) >= 11 is 0. The third kappa shape index (κ3) is 2.86. The van der Waals surface area contributed by atoms with E-state index in [0.29, 0.717) is 38.5 Å². The Kier molecular flexibility index (Phi) is 3.42. The van der Waals surface area contributed by atoms with Crippen LogP contribution in [0.1, 0.15) is 12.7 Å². The zero-order valence-electron chi connectivity index (χ0n) is 12.8. The average molecular weight is 322 g/mol. The van der Waals surface area contributed by atoms with E-state index in [4.69, 9.17) is 9.47 Å². The molecule has 2 aromatic rings. The van der Waals surface area contributed by atoms with Gasteiger partial charge in [0.1, 0.15) is 31.0 Å². The lowest BCUT2D eigenvalue weighted by Gasteiger charge is -2.03. The molecule has 0 N–H and O–H groups in total. The van der Waals surface area contributed by atoms with Crippen LogP contribution < -0.4 is 11.4 Å². The summed E-state index contributed by atoms with van der Waals surface area (Å²) in [5, 5.41) is 8.39. The molecule has 124 valence electrons. The van der Waals surface area contributed by atoms with Gasteiger partial charge in [-0.15, -0.1) is 0 Å². The van der Waals surface area contributed by atoms with Gasteiger partial charge in [0.05, 0.1) is 26.3 Å².